The molecule has 0 amide bonds. The van der Waals surface area contributed by atoms with Crippen LogP contribution in [0.2, 0.25) is 0 Å². The van der Waals surface area contributed by atoms with Gasteiger partial charge in [0.1, 0.15) is 6.10 Å². The molecule has 1 saturated heterocycles. The molecule has 6 heteroatoms. The van der Waals surface area contributed by atoms with Crippen LogP contribution in [0.25, 0.3) is 0 Å². The lowest BCUT2D eigenvalue weighted by Crippen LogP contribution is -2.54. The molecule has 2 aliphatic carbocycles. The maximum absolute atomic E-state index is 11.0. The van der Waals surface area contributed by atoms with E-state index in [0.29, 0.717) is 37.0 Å². The van der Waals surface area contributed by atoms with E-state index in [1.807, 2.05) is 0 Å². The van der Waals surface area contributed by atoms with E-state index in [1.165, 1.54) is 6.92 Å². The molecule has 0 bridgehead atoms. The Kier molecular flexibility index (Phi) is 4.95. The Hall–Kier alpha value is -0.690. The van der Waals surface area contributed by atoms with Gasteiger partial charge in [-0.3, -0.25) is 4.79 Å². The Morgan fingerprint density at radius 2 is 1.29 bits per heavy atom. The Morgan fingerprint density at radius 1 is 0.875 bits per heavy atom. The average molecular weight is 342 g/mol. The van der Waals surface area contributed by atoms with E-state index in [4.69, 9.17) is 24.3 Å². The molecule has 2 spiro atoms. The number of ether oxygens (including phenoxy) is 1. The maximum atomic E-state index is 11.0. The first-order chi connectivity index (χ1) is 11.2. The molecule has 0 atom stereocenters. The van der Waals surface area contributed by atoms with Gasteiger partial charge in [0.25, 0.3) is 0 Å². The fourth-order valence-electron chi connectivity index (χ4n) is 3.97. The first-order valence-electron chi connectivity index (χ1n) is 9.13. The van der Waals surface area contributed by atoms with E-state index in [2.05, 4.69) is 20.8 Å². The fraction of sp³-hybridized carbons (Fsp3) is 0.944. The van der Waals surface area contributed by atoms with Gasteiger partial charge < -0.3 is 4.74 Å². The van der Waals surface area contributed by atoms with Crippen molar-refractivity contribution in [3.8, 4) is 0 Å². The summed E-state index contributed by atoms with van der Waals surface area (Å²) in [5.74, 6) is -1.21. The van der Waals surface area contributed by atoms with Crippen molar-refractivity contribution in [3.63, 3.8) is 0 Å². The van der Waals surface area contributed by atoms with Crippen molar-refractivity contribution in [2.24, 2.45) is 11.3 Å². The van der Waals surface area contributed by atoms with Crippen molar-refractivity contribution in [3.05, 3.63) is 0 Å². The molecule has 3 fully saturated rings. The molecule has 2 saturated carbocycles. The second kappa shape index (κ2) is 6.56. The minimum atomic E-state index is -0.858. The van der Waals surface area contributed by atoms with Gasteiger partial charge in [-0.2, -0.15) is 19.6 Å². The van der Waals surface area contributed by atoms with Crippen LogP contribution in [0.4, 0.5) is 0 Å². The van der Waals surface area contributed by atoms with Gasteiger partial charge >= 0.3 is 5.97 Å². The van der Waals surface area contributed by atoms with Gasteiger partial charge in [0.05, 0.1) is 0 Å². The van der Waals surface area contributed by atoms with Crippen LogP contribution < -0.4 is 0 Å². The molecule has 0 N–H and O–H groups in total. The highest BCUT2D eigenvalue weighted by Crippen LogP contribution is 2.48. The van der Waals surface area contributed by atoms with Crippen molar-refractivity contribution in [1.29, 1.82) is 0 Å². The standard InChI is InChI=1S/C18H30O6/c1-13(19)20-15-7-11-18(12-8-15)23-21-17(22-24-18)9-5-14(6-10-17)16(2,3)4/h14-15H,5-12H2,1-4H3. The number of carbonyl (C=O) groups is 1. The van der Waals surface area contributed by atoms with Crippen LogP contribution in [0.5, 0.6) is 0 Å². The largest absolute Gasteiger partial charge is 0.463 e. The van der Waals surface area contributed by atoms with Crippen LogP contribution >= 0.6 is 0 Å². The van der Waals surface area contributed by atoms with E-state index in [-0.39, 0.29) is 12.1 Å². The van der Waals surface area contributed by atoms with Gasteiger partial charge in [-0.1, -0.05) is 20.8 Å². The molecule has 3 rings (SSSR count). The van der Waals surface area contributed by atoms with E-state index < -0.39 is 11.6 Å². The van der Waals surface area contributed by atoms with E-state index in [0.717, 1.165) is 25.7 Å². The summed E-state index contributed by atoms with van der Waals surface area (Å²) in [6.07, 6.45) is 6.12. The predicted octanol–water partition coefficient (Wildman–Crippen LogP) is 4.03. The van der Waals surface area contributed by atoms with E-state index in [1.54, 1.807) is 0 Å². The zero-order chi connectivity index (χ0) is 17.4. The first kappa shape index (κ1) is 18.1. The molecule has 0 radical (unpaired) electrons. The van der Waals surface area contributed by atoms with Gasteiger partial charge in [0.15, 0.2) is 0 Å². The molecule has 6 nitrogen and oxygen atoms in total. The highest BCUT2D eigenvalue weighted by atomic mass is 17.4. The summed E-state index contributed by atoms with van der Waals surface area (Å²) >= 11 is 0. The zero-order valence-electron chi connectivity index (χ0n) is 15.3. The normalized spacial score (nSPS) is 40.7. The van der Waals surface area contributed by atoms with Crippen LogP contribution in [0.1, 0.15) is 79.1 Å². The van der Waals surface area contributed by atoms with Crippen molar-refractivity contribution >= 4 is 5.97 Å². The second-order valence-electron chi connectivity index (χ2n) is 8.60. The first-order valence-corrected chi connectivity index (χ1v) is 9.13. The smallest absolute Gasteiger partial charge is 0.302 e. The number of esters is 1. The molecule has 3 aliphatic rings. The Labute approximate surface area is 144 Å². The van der Waals surface area contributed by atoms with Crippen LogP contribution in [0.3, 0.4) is 0 Å². The van der Waals surface area contributed by atoms with Crippen LogP contribution in [-0.4, -0.2) is 23.6 Å². The Morgan fingerprint density at radius 3 is 1.67 bits per heavy atom. The summed E-state index contributed by atoms with van der Waals surface area (Å²) in [6.45, 7) is 8.27. The van der Waals surface area contributed by atoms with Crippen molar-refractivity contribution < 1.29 is 29.1 Å². The Balaban J connectivity index is 1.49. The van der Waals surface area contributed by atoms with Crippen molar-refractivity contribution in [2.45, 2.75) is 96.7 Å². The summed E-state index contributed by atoms with van der Waals surface area (Å²) in [7, 11) is 0. The molecule has 0 aromatic heterocycles. The molecular weight excluding hydrogens is 312 g/mol. The molecule has 138 valence electrons. The van der Waals surface area contributed by atoms with Gasteiger partial charge in [0, 0.05) is 32.6 Å². The third-order valence-corrected chi connectivity index (χ3v) is 5.69. The lowest BCUT2D eigenvalue weighted by Gasteiger charge is -2.48. The van der Waals surface area contributed by atoms with Crippen molar-refractivity contribution in [1.82, 2.24) is 0 Å². The fourth-order valence-corrected chi connectivity index (χ4v) is 3.97. The van der Waals surface area contributed by atoms with Gasteiger partial charge in [-0.05, 0) is 37.0 Å². The third kappa shape index (κ3) is 3.93. The minimum absolute atomic E-state index is 0.0709. The van der Waals surface area contributed by atoms with Crippen LogP contribution in [-0.2, 0) is 29.1 Å². The molecule has 0 aromatic rings. The van der Waals surface area contributed by atoms with Crippen molar-refractivity contribution in [2.75, 3.05) is 0 Å². The molecular formula is C18H30O6. The molecule has 0 aromatic carbocycles. The molecule has 0 unspecified atom stereocenters. The number of carbonyl (C=O) groups excluding carboxylic acids is 1. The summed E-state index contributed by atoms with van der Waals surface area (Å²) in [4.78, 5) is 33.9. The Bertz CT molecular complexity index is 441. The third-order valence-electron chi connectivity index (χ3n) is 5.69. The van der Waals surface area contributed by atoms with Gasteiger partial charge in [0.2, 0.25) is 11.6 Å². The van der Waals surface area contributed by atoms with Gasteiger partial charge in [-0.25, -0.2) is 0 Å². The average Bonchev–Trinajstić information content (AvgIpc) is 2.52. The highest BCUT2D eigenvalue weighted by molar-refractivity contribution is 5.66. The van der Waals surface area contributed by atoms with E-state index >= 15 is 0 Å². The second-order valence-corrected chi connectivity index (χ2v) is 8.60. The SMILES string of the molecule is CC(=O)OC1CCC2(CC1)OOC1(CCC(C(C)(C)C)CC1)OO2. The number of hydrogen-bond acceptors (Lipinski definition) is 6. The lowest BCUT2D eigenvalue weighted by molar-refractivity contribution is -0.663. The maximum Gasteiger partial charge on any atom is 0.302 e. The van der Waals surface area contributed by atoms with Crippen LogP contribution in [0, 0.1) is 11.3 Å². The topological polar surface area (TPSA) is 63.2 Å². The lowest BCUT2D eigenvalue weighted by atomic mass is 9.71. The molecule has 1 heterocycles. The number of hydrogen-bond donors (Lipinski definition) is 0. The quantitative estimate of drug-likeness (QED) is 0.529. The van der Waals surface area contributed by atoms with Crippen LogP contribution in [0.15, 0.2) is 0 Å². The predicted molar refractivity (Wildman–Crippen MR) is 85.2 cm³/mol. The van der Waals surface area contributed by atoms with E-state index in [9.17, 15) is 4.79 Å². The molecule has 24 heavy (non-hydrogen) atoms. The summed E-state index contributed by atoms with van der Waals surface area (Å²) < 4.78 is 5.25. The monoisotopic (exact) mass is 342 g/mol. The molecule has 1 aliphatic heterocycles. The summed E-state index contributed by atoms with van der Waals surface area (Å²) in [5.41, 5.74) is 0.300. The highest BCUT2D eigenvalue weighted by Gasteiger charge is 2.52. The van der Waals surface area contributed by atoms with Gasteiger partial charge in [-0.15, -0.1) is 0 Å². The summed E-state index contributed by atoms with van der Waals surface area (Å²) in [5, 5.41) is 0. The minimum Gasteiger partial charge on any atom is -0.463 e. The zero-order valence-corrected chi connectivity index (χ0v) is 15.3. The number of rotatable bonds is 1. The summed E-state index contributed by atoms with van der Waals surface area (Å²) in [6, 6.07) is 0.